The summed E-state index contributed by atoms with van der Waals surface area (Å²) in [5.41, 5.74) is 5.21. The number of nitrogens with zero attached hydrogens (tertiary/aromatic N) is 2. The zero-order valence-electron chi connectivity index (χ0n) is 21.3. The molecule has 1 N–H and O–H groups in total. The molecule has 36 heavy (non-hydrogen) atoms. The number of nitrogens with one attached hydrogen (secondary N) is 1. The van der Waals surface area contributed by atoms with E-state index < -0.39 is 0 Å². The molecule has 182 valence electrons. The zero-order valence-corrected chi connectivity index (χ0v) is 22.2. The van der Waals surface area contributed by atoms with Crippen LogP contribution in [-0.2, 0) is 0 Å². The summed E-state index contributed by atoms with van der Waals surface area (Å²) in [5.74, 6) is 3.51. The number of aryl methyl sites for hydroxylation is 1. The first-order valence-corrected chi connectivity index (χ1v) is 12.6. The summed E-state index contributed by atoms with van der Waals surface area (Å²) in [6.07, 6.45) is 5.84. The molecule has 0 spiro atoms. The van der Waals surface area contributed by atoms with Gasteiger partial charge in [0.15, 0.2) is 0 Å². The summed E-state index contributed by atoms with van der Waals surface area (Å²) in [7, 11) is 0. The number of para-hydroxylation sites is 2. The Kier molecular flexibility index (Phi) is 9.32. The van der Waals surface area contributed by atoms with Crippen LogP contribution < -0.4 is 5.56 Å². The van der Waals surface area contributed by atoms with Crippen molar-refractivity contribution < 1.29 is 0 Å². The van der Waals surface area contributed by atoms with E-state index in [2.05, 4.69) is 34.9 Å². The second-order valence-electron chi connectivity index (χ2n) is 7.49. The van der Waals surface area contributed by atoms with Crippen LogP contribution in [-0.4, -0.2) is 14.5 Å². The minimum atomic E-state index is -0.106. The quantitative estimate of drug-likeness (QED) is 0.200. The van der Waals surface area contributed by atoms with Crippen molar-refractivity contribution in [1.29, 1.82) is 0 Å². The molecule has 0 saturated heterocycles. The van der Waals surface area contributed by atoms with Gasteiger partial charge in [-0.1, -0.05) is 76.6 Å². The minimum absolute atomic E-state index is 0.106. The van der Waals surface area contributed by atoms with Gasteiger partial charge < -0.3 is 4.98 Å². The van der Waals surface area contributed by atoms with Gasteiger partial charge in [0, 0.05) is 22.7 Å². The number of H-pyrrole nitrogens is 1. The van der Waals surface area contributed by atoms with Crippen LogP contribution in [0, 0.1) is 18.1 Å². The van der Waals surface area contributed by atoms with Crippen molar-refractivity contribution in [2.45, 2.75) is 34.6 Å². The fourth-order valence-corrected chi connectivity index (χ4v) is 4.07. The standard InChI is InChI=1S/C27H19N3OS.2C2H6/c1-18-16-19(14-15-32)10-12-25(18)30-26(29-24-9-5-3-7-22(24)27(30)31)13-11-20-17-28-23-8-4-2-6-21(20)23;2*1-2/h2-13,16-17,28,32H,1H3;2*1-2H3/b13-11+;;. The largest absolute Gasteiger partial charge is 0.361 e. The van der Waals surface area contributed by atoms with Crippen molar-refractivity contribution in [1.82, 2.24) is 14.5 Å². The van der Waals surface area contributed by atoms with Crippen LogP contribution in [0.15, 0.2) is 77.7 Å². The lowest BCUT2D eigenvalue weighted by Crippen LogP contribution is -2.23. The number of hydrogen-bond donors (Lipinski definition) is 2. The lowest BCUT2D eigenvalue weighted by atomic mass is 10.1. The summed E-state index contributed by atoms with van der Waals surface area (Å²) >= 11 is 3.98. The molecule has 0 amide bonds. The van der Waals surface area contributed by atoms with Crippen LogP contribution in [0.4, 0.5) is 0 Å². The Balaban J connectivity index is 0.000000861. The highest BCUT2D eigenvalue weighted by Crippen LogP contribution is 2.22. The van der Waals surface area contributed by atoms with Gasteiger partial charge in [0.2, 0.25) is 0 Å². The van der Waals surface area contributed by atoms with Crippen molar-refractivity contribution in [2.75, 3.05) is 0 Å². The van der Waals surface area contributed by atoms with Gasteiger partial charge >= 0.3 is 0 Å². The molecule has 0 atom stereocenters. The van der Waals surface area contributed by atoms with Crippen LogP contribution in [0.5, 0.6) is 0 Å². The molecular formula is C31H31N3OS. The number of aromatic amines is 1. The maximum atomic E-state index is 13.5. The summed E-state index contributed by atoms with van der Waals surface area (Å²) in [4.78, 5) is 21.6. The second-order valence-corrected chi connectivity index (χ2v) is 7.71. The smallest absolute Gasteiger partial charge is 0.266 e. The number of hydrogen-bond acceptors (Lipinski definition) is 3. The van der Waals surface area contributed by atoms with Crippen molar-refractivity contribution >= 4 is 46.6 Å². The zero-order chi connectivity index (χ0) is 26.1. The number of fused-ring (bicyclic) bond motifs is 2. The predicted octanol–water partition coefficient (Wildman–Crippen LogP) is 7.64. The number of benzene rings is 3. The van der Waals surface area contributed by atoms with E-state index in [9.17, 15) is 4.79 Å². The van der Waals surface area contributed by atoms with Gasteiger partial charge in [-0.2, -0.15) is 0 Å². The van der Waals surface area contributed by atoms with Gasteiger partial charge in [0.05, 0.1) is 16.6 Å². The molecule has 0 aliphatic rings. The molecule has 2 heterocycles. The fourth-order valence-electron chi connectivity index (χ4n) is 3.94. The van der Waals surface area contributed by atoms with Crippen molar-refractivity contribution in [3.05, 3.63) is 106 Å². The highest BCUT2D eigenvalue weighted by Gasteiger charge is 2.13. The molecule has 0 radical (unpaired) electrons. The van der Waals surface area contributed by atoms with E-state index >= 15 is 0 Å². The number of thiol groups is 1. The van der Waals surface area contributed by atoms with E-state index in [-0.39, 0.29) is 5.56 Å². The third-order valence-electron chi connectivity index (χ3n) is 5.47. The maximum absolute atomic E-state index is 13.5. The first kappa shape index (κ1) is 26.6. The maximum Gasteiger partial charge on any atom is 0.266 e. The van der Waals surface area contributed by atoms with E-state index in [4.69, 9.17) is 4.98 Å². The van der Waals surface area contributed by atoms with Gasteiger partial charge in [-0.15, -0.1) is 0 Å². The van der Waals surface area contributed by atoms with E-state index in [1.807, 2.05) is 114 Å². The Morgan fingerprint density at radius 1 is 0.917 bits per heavy atom. The summed E-state index contributed by atoms with van der Waals surface area (Å²) in [6, 6.07) is 21.3. The van der Waals surface area contributed by atoms with Gasteiger partial charge in [-0.25, -0.2) is 4.98 Å². The average Bonchev–Trinajstić information content (AvgIpc) is 3.34. The van der Waals surface area contributed by atoms with Crippen LogP contribution in [0.2, 0.25) is 0 Å². The van der Waals surface area contributed by atoms with Gasteiger partial charge in [-0.05, 0) is 71.9 Å². The molecule has 5 heteroatoms. The highest BCUT2D eigenvalue weighted by molar-refractivity contribution is 7.85. The normalized spacial score (nSPS) is 10.3. The van der Waals surface area contributed by atoms with Crippen molar-refractivity contribution in [3.8, 4) is 16.9 Å². The second kappa shape index (κ2) is 12.6. The summed E-state index contributed by atoms with van der Waals surface area (Å²) in [6.45, 7) is 9.97. The molecule has 0 unspecified atom stereocenters. The summed E-state index contributed by atoms with van der Waals surface area (Å²) < 4.78 is 1.67. The lowest BCUT2D eigenvalue weighted by Gasteiger charge is -2.14. The van der Waals surface area contributed by atoms with Gasteiger partial charge in [0.25, 0.3) is 5.56 Å². The third kappa shape index (κ3) is 5.45. The first-order chi connectivity index (χ1) is 17.7. The number of rotatable bonds is 3. The fraction of sp³-hybridized carbons (Fsp3) is 0.161. The molecule has 0 bridgehead atoms. The van der Waals surface area contributed by atoms with E-state index in [1.165, 1.54) is 0 Å². The molecule has 5 aromatic rings. The van der Waals surface area contributed by atoms with Crippen molar-refractivity contribution in [2.24, 2.45) is 0 Å². The Bertz CT molecular complexity index is 1630. The highest BCUT2D eigenvalue weighted by atomic mass is 32.1. The lowest BCUT2D eigenvalue weighted by molar-refractivity contribution is 0.934. The molecule has 0 saturated carbocycles. The van der Waals surface area contributed by atoms with Crippen LogP contribution >= 0.6 is 12.6 Å². The topological polar surface area (TPSA) is 50.7 Å². The van der Waals surface area contributed by atoms with E-state index in [1.54, 1.807) is 4.57 Å². The Labute approximate surface area is 218 Å². The monoisotopic (exact) mass is 493 g/mol. The molecule has 3 aromatic carbocycles. The van der Waals surface area contributed by atoms with Crippen LogP contribution in [0.25, 0.3) is 39.6 Å². The molecule has 4 nitrogen and oxygen atoms in total. The molecule has 5 rings (SSSR count). The van der Waals surface area contributed by atoms with E-state index in [0.29, 0.717) is 16.7 Å². The van der Waals surface area contributed by atoms with Gasteiger partial charge in [-0.3, -0.25) is 9.36 Å². The molecule has 0 aliphatic heterocycles. The molecule has 2 aromatic heterocycles. The first-order valence-electron chi connectivity index (χ1n) is 12.2. The predicted molar refractivity (Wildman–Crippen MR) is 158 cm³/mol. The number of aromatic nitrogens is 3. The van der Waals surface area contributed by atoms with Crippen LogP contribution in [0.3, 0.4) is 0 Å². The molecular weight excluding hydrogens is 462 g/mol. The Morgan fingerprint density at radius 3 is 2.33 bits per heavy atom. The Morgan fingerprint density at radius 2 is 1.61 bits per heavy atom. The van der Waals surface area contributed by atoms with Gasteiger partial charge in [0.1, 0.15) is 5.82 Å². The van der Waals surface area contributed by atoms with E-state index in [0.717, 1.165) is 33.3 Å². The molecule has 0 fully saturated rings. The minimum Gasteiger partial charge on any atom is -0.361 e. The third-order valence-corrected chi connectivity index (χ3v) is 5.58. The molecule has 0 aliphatic carbocycles. The average molecular weight is 494 g/mol. The van der Waals surface area contributed by atoms with Crippen LogP contribution in [0.1, 0.15) is 50.2 Å². The summed E-state index contributed by atoms with van der Waals surface area (Å²) in [5, 5.41) is 4.31. The Hall–Kier alpha value is -4.01. The SMILES string of the molecule is CC.CC.Cc1cc(C#CS)ccc1-n1c(/C=C/c2c[nH]c3ccccc23)nc2ccccc2c1=O. The van der Waals surface area contributed by atoms with Crippen molar-refractivity contribution in [3.63, 3.8) is 0 Å².